The van der Waals surface area contributed by atoms with Gasteiger partial charge in [-0.05, 0) is 46.4 Å². The van der Waals surface area contributed by atoms with Crippen LogP contribution in [0, 0.1) is 0 Å². The average Bonchev–Trinajstić information content (AvgIpc) is 3.48. The first-order valence-electron chi connectivity index (χ1n) is 12.7. The Balaban J connectivity index is 1.59. The lowest BCUT2D eigenvalue weighted by atomic mass is 9.85. The van der Waals surface area contributed by atoms with Crippen molar-refractivity contribution in [2.45, 2.75) is 38.8 Å². The quantitative estimate of drug-likeness (QED) is 0.276. The number of benzene rings is 3. The molecule has 2 heterocycles. The van der Waals surface area contributed by atoms with Crippen LogP contribution in [0.5, 0.6) is 11.5 Å². The molecule has 7 nitrogen and oxygen atoms in total. The van der Waals surface area contributed by atoms with Crippen LogP contribution in [-0.2, 0) is 16.8 Å². The van der Waals surface area contributed by atoms with Gasteiger partial charge in [0.1, 0.15) is 5.75 Å². The number of ether oxygens (including phenoxy) is 2. The number of carbonyl (C=O) groups is 2. The average molecular weight is 526 g/mol. The number of para-hydroxylation sites is 1. The Morgan fingerprint density at radius 3 is 2.28 bits per heavy atom. The molecule has 5 rings (SSSR count). The summed E-state index contributed by atoms with van der Waals surface area (Å²) in [5.74, 6) is -0.549. The lowest BCUT2D eigenvalue weighted by Crippen LogP contribution is -2.30. The fourth-order valence-corrected chi connectivity index (χ4v) is 4.93. The van der Waals surface area contributed by atoms with Crippen LogP contribution >= 0.6 is 0 Å². The minimum Gasteiger partial charge on any atom is -0.503 e. The molecule has 0 saturated carbocycles. The zero-order valence-corrected chi connectivity index (χ0v) is 22.6. The SMILES string of the molecule is COc1ccc(CN2C(=O)C(O)=C(C(=O)c3cc4cccc(OC)c4o3)C2c2ccc(C(C)(C)C)cc2)cc1. The molecule has 1 aromatic heterocycles. The Bertz CT molecular complexity index is 1570. The van der Waals surface area contributed by atoms with Gasteiger partial charge in [-0.2, -0.15) is 0 Å². The fourth-order valence-electron chi connectivity index (χ4n) is 4.93. The van der Waals surface area contributed by atoms with Crippen molar-refractivity contribution in [1.82, 2.24) is 4.90 Å². The second kappa shape index (κ2) is 9.98. The molecule has 39 heavy (non-hydrogen) atoms. The van der Waals surface area contributed by atoms with Gasteiger partial charge in [-0.3, -0.25) is 9.59 Å². The van der Waals surface area contributed by atoms with Gasteiger partial charge < -0.3 is 23.9 Å². The number of hydrogen-bond donors (Lipinski definition) is 1. The predicted octanol–water partition coefficient (Wildman–Crippen LogP) is 6.53. The van der Waals surface area contributed by atoms with Gasteiger partial charge in [0, 0.05) is 11.9 Å². The van der Waals surface area contributed by atoms with Crippen LogP contribution in [0.15, 0.2) is 88.5 Å². The van der Waals surface area contributed by atoms with Crippen molar-refractivity contribution in [1.29, 1.82) is 0 Å². The summed E-state index contributed by atoms with van der Waals surface area (Å²) in [5, 5.41) is 11.8. The van der Waals surface area contributed by atoms with Gasteiger partial charge in [0.05, 0.1) is 25.8 Å². The first kappa shape index (κ1) is 26.1. The third-order valence-corrected chi connectivity index (χ3v) is 7.10. The molecule has 3 aromatic carbocycles. The van der Waals surface area contributed by atoms with E-state index < -0.39 is 23.5 Å². The van der Waals surface area contributed by atoms with Crippen molar-refractivity contribution in [3.8, 4) is 11.5 Å². The highest BCUT2D eigenvalue weighted by Crippen LogP contribution is 2.41. The summed E-state index contributed by atoms with van der Waals surface area (Å²) in [4.78, 5) is 28.9. The molecular formula is C32H31NO6. The van der Waals surface area contributed by atoms with E-state index in [1.807, 2.05) is 54.6 Å². The lowest BCUT2D eigenvalue weighted by molar-refractivity contribution is -0.130. The molecular weight excluding hydrogens is 494 g/mol. The lowest BCUT2D eigenvalue weighted by Gasteiger charge is -2.28. The standard InChI is InChI=1S/C32H31NO6/c1-32(2,3)22-13-11-20(12-14-22)27-26(28(34)25-17-21-7-6-8-24(38-5)30(21)39-25)29(35)31(36)33(27)18-19-9-15-23(37-4)16-10-19/h6-17,27,35H,18H2,1-5H3. The highest BCUT2D eigenvalue weighted by molar-refractivity contribution is 6.16. The number of hydrogen-bond acceptors (Lipinski definition) is 6. The third-order valence-electron chi connectivity index (χ3n) is 7.10. The normalized spacial score (nSPS) is 15.8. The van der Waals surface area contributed by atoms with Crippen molar-refractivity contribution >= 4 is 22.7 Å². The van der Waals surface area contributed by atoms with E-state index >= 15 is 0 Å². The Kier molecular flexibility index (Phi) is 6.68. The van der Waals surface area contributed by atoms with E-state index in [9.17, 15) is 14.7 Å². The number of Topliss-reactive ketones (excluding diaryl/α,β-unsaturated/α-hetero) is 1. The van der Waals surface area contributed by atoms with Crippen LogP contribution in [-0.4, -0.2) is 35.9 Å². The van der Waals surface area contributed by atoms with Gasteiger partial charge in [-0.15, -0.1) is 0 Å². The summed E-state index contributed by atoms with van der Waals surface area (Å²) in [7, 11) is 3.11. The Hall–Kier alpha value is -4.52. The van der Waals surface area contributed by atoms with Crippen molar-refractivity contribution in [3.05, 3.63) is 107 Å². The molecule has 1 aliphatic rings. The number of fused-ring (bicyclic) bond motifs is 1. The summed E-state index contributed by atoms with van der Waals surface area (Å²) in [6.45, 7) is 6.54. The summed E-state index contributed by atoms with van der Waals surface area (Å²) in [5.41, 5.74) is 2.99. The number of rotatable bonds is 7. The molecule has 1 unspecified atom stereocenters. The molecule has 0 radical (unpaired) electrons. The molecule has 7 heteroatoms. The zero-order chi connectivity index (χ0) is 27.9. The van der Waals surface area contributed by atoms with Gasteiger partial charge in [0.15, 0.2) is 22.9 Å². The zero-order valence-electron chi connectivity index (χ0n) is 22.6. The van der Waals surface area contributed by atoms with Crippen molar-refractivity contribution < 1.29 is 28.6 Å². The number of ketones is 1. The topological polar surface area (TPSA) is 89.2 Å². The summed E-state index contributed by atoms with van der Waals surface area (Å²) in [6.07, 6.45) is 0. The molecule has 200 valence electrons. The van der Waals surface area contributed by atoms with E-state index in [-0.39, 0.29) is 23.3 Å². The number of aliphatic hydroxyl groups is 1. The maximum Gasteiger partial charge on any atom is 0.290 e. The molecule has 0 bridgehead atoms. The number of furan rings is 1. The van der Waals surface area contributed by atoms with Crippen LogP contribution in [0.25, 0.3) is 11.0 Å². The van der Waals surface area contributed by atoms with Gasteiger partial charge >= 0.3 is 0 Å². The highest BCUT2D eigenvalue weighted by atomic mass is 16.5. The highest BCUT2D eigenvalue weighted by Gasteiger charge is 2.44. The van der Waals surface area contributed by atoms with E-state index in [2.05, 4.69) is 20.8 Å². The van der Waals surface area contributed by atoms with Gasteiger partial charge in [-0.25, -0.2) is 0 Å². The Morgan fingerprint density at radius 2 is 1.67 bits per heavy atom. The number of nitrogens with zero attached hydrogens (tertiary/aromatic N) is 1. The van der Waals surface area contributed by atoms with Gasteiger partial charge in [-0.1, -0.05) is 69.3 Å². The van der Waals surface area contributed by atoms with Crippen molar-refractivity contribution in [3.63, 3.8) is 0 Å². The molecule has 0 aliphatic carbocycles. The van der Waals surface area contributed by atoms with Crippen LogP contribution in [0.3, 0.4) is 0 Å². The minimum atomic E-state index is -0.809. The first-order valence-corrected chi connectivity index (χ1v) is 12.7. The second-order valence-electron chi connectivity index (χ2n) is 10.6. The largest absolute Gasteiger partial charge is 0.503 e. The molecule has 1 aliphatic heterocycles. The van der Waals surface area contributed by atoms with E-state index in [0.29, 0.717) is 28.0 Å². The number of aliphatic hydroxyl groups excluding tert-OH is 1. The van der Waals surface area contributed by atoms with Crippen LogP contribution in [0.2, 0.25) is 0 Å². The third kappa shape index (κ3) is 4.76. The maximum absolute atomic E-state index is 13.9. The predicted molar refractivity (Wildman–Crippen MR) is 148 cm³/mol. The molecule has 1 atom stereocenters. The number of methoxy groups -OCH3 is 2. The molecule has 0 fully saturated rings. The Labute approximate surface area is 227 Å². The second-order valence-corrected chi connectivity index (χ2v) is 10.6. The van der Waals surface area contributed by atoms with Crippen LogP contribution in [0.1, 0.15) is 54.1 Å². The fraction of sp³-hybridized carbons (Fsp3) is 0.250. The minimum absolute atomic E-state index is 0.0185. The van der Waals surface area contributed by atoms with Crippen molar-refractivity contribution in [2.75, 3.05) is 14.2 Å². The maximum atomic E-state index is 13.9. The van der Waals surface area contributed by atoms with Gasteiger partial charge in [0.2, 0.25) is 5.78 Å². The van der Waals surface area contributed by atoms with E-state index in [1.54, 1.807) is 25.3 Å². The summed E-state index contributed by atoms with van der Waals surface area (Å²) < 4.78 is 16.5. The molecule has 0 spiro atoms. The van der Waals surface area contributed by atoms with Crippen LogP contribution in [0.4, 0.5) is 0 Å². The number of carbonyl (C=O) groups excluding carboxylic acids is 2. The van der Waals surface area contributed by atoms with E-state index in [0.717, 1.165) is 11.1 Å². The molecule has 1 N–H and O–H groups in total. The summed E-state index contributed by atoms with van der Waals surface area (Å²) >= 11 is 0. The first-order chi connectivity index (χ1) is 18.6. The van der Waals surface area contributed by atoms with E-state index in [1.165, 1.54) is 12.0 Å². The Morgan fingerprint density at radius 1 is 0.974 bits per heavy atom. The van der Waals surface area contributed by atoms with Gasteiger partial charge in [0.25, 0.3) is 5.91 Å². The van der Waals surface area contributed by atoms with Crippen molar-refractivity contribution in [2.24, 2.45) is 0 Å². The van der Waals surface area contributed by atoms with E-state index in [4.69, 9.17) is 13.9 Å². The molecule has 0 saturated heterocycles. The monoisotopic (exact) mass is 525 g/mol. The number of amides is 1. The van der Waals surface area contributed by atoms with Crippen LogP contribution < -0.4 is 9.47 Å². The molecule has 4 aromatic rings. The summed E-state index contributed by atoms with van der Waals surface area (Å²) in [6, 6.07) is 21.3. The molecule has 1 amide bonds. The smallest absolute Gasteiger partial charge is 0.290 e.